The summed E-state index contributed by atoms with van der Waals surface area (Å²) in [5.41, 5.74) is 4.97. The Labute approximate surface area is 78.9 Å². The van der Waals surface area contributed by atoms with Crippen LogP contribution in [-0.2, 0) is 0 Å². The second kappa shape index (κ2) is 4.49. The first-order valence-electron chi connectivity index (χ1n) is 4.61. The molecule has 12 heavy (non-hydrogen) atoms. The van der Waals surface area contributed by atoms with E-state index in [1.54, 1.807) is 0 Å². The Morgan fingerprint density at radius 1 is 1.50 bits per heavy atom. The molecule has 72 valence electrons. The van der Waals surface area contributed by atoms with Crippen molar-refractivity contribution in [2.45, 2.75) is 31.3 Å². The summed E-state index contributed by atoms with van der Waals surface area (Å²) in [7, 11) is 0. The lowest BCUT2D eigenvalue weighted by Crippen LogP contribution is -2.41. The van der Waals surface area contributed by atoms with E-state index < -0.39 is 5.60 Å². The number of rotatable bonds is 3. The van der Waals surface area contributed by atoms with Crippen molar-refractivity contribution < 1.29 is 5.11 Å². The maximum absolute atomic E-state index is 9.83. The van der Waals surface area contributed by atoms with Crippen molar-refractivity contribution in [2.24, 2.45) is 11.7 Å². The molecule has 1 fully saturated rings. The van der Waals surface area contributed by atoms with Crippen LogP contribution in [-0.4, -0.2) is 29.3 Å². The standard InChI is InChI=1S/C9H19NOS/c1-12-6-8-2-4-9(11,7-10)5-3-8/h8,11H,2-7,10H2,1H3. The third kappa shape index (κ3) is 2.64. The molecule has 0 saturated heterocycles. The van der Waals surface area contributed by atoms with Crippen LogP contribution < -0.4 is 5.73 Å². The van der Waals surface area contributed by atoms with Crippen molar-refractivity contribution in [3.05, 3.63) is 0 Å². The molecule has 3 N–H and O–H groups in total. The fourth-order valence-electron chi connectivity index (χ4n) is 1.82. The van der Waals surface area contributed by atoms with E-state index in [9.17, 15) is 5.11 Å². The van der Waals surface area contributed by atoms with Crippen LogP contribution in [0.3, 0.4) is 0 Å². The Kier molecular flexibility index (Phi) is 3.87. The third-order valence-electron chi connectivity index (χ3n) is 2.82. The quantitative estimate of drug-likeness (QED) is 0.702. The Hall–Kier alpha value is 0.270. The molecular formula is C9H19NOS. The summed E-state index contributed by atoms with van der Waals surface area (Å²) < 4.78 is 0. The fourth-order valence-corrected chi connectivity index (χ4v) is 2.63. The van der Waals surface area contributed by atoms with Crippen LogP contribution in [0.4, 0.5) is 0 Å². The third-order valence-corrected chi connectivity index (χ3v) is 3.62. The topological polar surface area (TPSA) is 46.2 Å². The molecule has 0 bridgehead atoms. The maximum atomic E-state index is 9.83. The molecule has 0 aromatic heterocycles. The van der Waals surface area contributed by atoms with E-state index in [1.165, 1.54) is 5.75 Å². The second-order valence-corrected chi connectivity index (χ2v) is 4.74. The van der Waals surface area contributed by atoms with Gasteiger partial charge in [-0.15, -0.1) is 0 Å². The SMILES string of the molecule is CSCC1CCC(O)(CN)CC1. The highest BCUT2D eigenvalue weighted by atomic mass is 32.2. The molecule has 2 nitrogen and oxygen atoms in total. The smallest absolute Gasteiger partial charge is 0.0769 e. The highest BCUT2D eigenvalue weighted by Gasteiger charge is 2.31. The first-order valence-corrected chi connectivity index (χ1v) is 6.01. The van der Waals surface area contributed by atoms with E-state index in [0.717, 1.165) is 31.6 Å². The maximum Gasteiger partial charge on any atom is 0.0769 e. The van der Waals surface area contributed by atoms with E-state index in [0.29, 0.717) is 6.54 Å². The number of hydrogen-bond acceptors (Lipinski definition) is 3. The van der Waals surface area contributed by atoms with Gasteiger partial charge in [-0.2, -0.15) is 11.8 Å². The minimum Gasteiger partial charge on any atom is -0.389 e. The predicted octanol–water partition coefficient (Wildman–Crippen LogP) is 1.23. The summed E-state index contributed by atoms with van der Waals surface area (Å²) >= 11 is 1.90. The van der Waals surface area contributed by atoms with Gasteiger partial charge in [0.15, 0.2) is 0 Å². The van der Waals surface area contributed by atoms with Gasteiger partial charge in [0, 0.05) is 6.54 Å². The van der Waals surface area contributed by atoms with Crippen molar-refractivity contribution in [1.82, 2.24) is 0 Å². The van der Waals surface area contributed by atoms with Crippen LogP contribution in [0.25, 0.3) is 0 Å². The Balaban J connectivity index is 2.29. The molecule has 0 aliphatic heterocycles. The average molecular weight is 189 g/mol. The summed E-state index contributed by atoms with van der Waals surface area (Å²) in [6.07, 6.45) is 6.23. The van der Waals surface area contributed by atoms with Gasteiger partial charge in [-0.25, -0.2) is 0 Å². The Morgan fingerprint density at radius 3 is 2.50 bits per heavy atom. The number of nitrogens with two attached hydrogens (primary N) is 1. The number of aliphatic hydroxyl groups is 1. The zero-order valence-corrected chi connectivity index (χ0v) is 8.57. The van der Waals surface area contributed by atoms with Crippen LogP contribution in [0.1, 0.15) is 25.7 Å². The lowest BCUT2D eigenvalue weighted by atomic mass is 9.80. The van der Waals surface area contributed by atoms with Crippen LogP contribution in [0.2, 0.25) is 0 Å². The van der Waals surface area contributed by atoms with Gasteiger partial charge >= 0.3 is 0 Å². The van der Waals surface area contributed by atoms with Crippen molar-refractivity contribution >= 4 is 11.8 Å². The summed E-state index contributed by atoms with van der Waals surface area (Å²) in [5, 5.41) is 9.83. The first kappa shape index (κ1) is 10.4. The van der Waals surface area contributed by atoms with Gasteiger partial charge in [0.1, 0.15) is 0 Å². The average Bonchev–Trinajstić information content (AvgIpc) is 2.10. The minimum absolute atomic E-state index is 0.430. The van der Waals surface area contributed by atoms with Gasteiger partial charge in [0.25, 0.3) is 0 Å². The van der Waals surface area contributed by atoms with Gasteiger partial charge in [-0.1, -0.05) is 0 Å². The van der Waals surface area contributed by atoms with Crippen LogP contribution in [0, 0.1) is 5.92 Å². The highest BCUT2D eigenvalue weighted by Crippen LogP contribution is 2.32. The molecule has 0 spiro atoms. The summed E-state index contributed by atoms with van der Waals surface area (Å²) in [6.45, 7) is 0.430. The Bertz CT molecular complexity index is 132. The van der Waals surface area contributed by atoms with Gasteiger partial charge in [0.05, 0.1) is 5.60 Å². The molecule has 1 rings (SSSR count). The molecule has 0 atom stereocenters. The van der Waals surface area contributed by atoms with Crippen LogP contribution in [0.5, 0.6) is 0 Å². The van der Waals surface area contributed by atoms with E-state index in [1.807, 2.05) is 11.8 Å². The van der Waals surface area contributed by atoms with E-state index in [-0.39, 0.29) is 0 Å². The number of hydrogen-bond donors (Lipinski definition) is 2. The Morgan fingerprint density at radius 2 is 2.08 bits per heavy atom. The van der Waals surface area contributed by atoms with E-state index in [2.05, 4.69) is 6.26 Å². The van der Waals surface area contributed by atoms with Crippen molar-refractivity contribution in [3.63, 3.8) is 0 Å². The second-order valence-electron chi connectivity index (χ2n) is 3.83. The molecule has 3 heteroatoms. The molecule has 1 aliphatic rings. The summed E-state index contributed by atoms with van der Waals surface area (Å²) in [4.78, 5) is 0. The lowest BCUT2D eigenvalue weighted by Gasteiger charge is -2.34. The monoisotopic (exact) mass is 189 g/mol. The van der Waals surface area contributed by atoms with E-state index in [4.69, 9.17) is 5.73 Å². The molecule has 0 radical (unpaired) electrons. The summed E-state index contributed by atoms with van der Waals surface area (Å²) in [5.74, 6) is 2.05. The first-order chi connectivity index (χ1) is 5.70. The highest BCUT2D eigenvalue weighted by molar-refractivity contribution is 7.98. The zero-order valence-electron chi connectivity index (χ0n) is 7.75. The van der Waals surface area contributed by atoms with Crippen molar-refractivity contribution in [1.29, 1.82) is 0 Å². The molecule has 0 heterocycles. The van der Waals surface area contributed by atoms with Gasteiger partial charge < -0.3 is 10.8 Å². The van der Waals surface area contributed by atoms with Gasteiger partial charge in [-0.3, -0.25) is 0 Å². The normalized spacial score (nSPS) is 36.8. The zero-order chi connectivity index (χ0) is 9.03. The lowest BCUT2D eigenvalue weighted by molar-refractivity contribution is 0.00185. The van der Waals surface area contributed by atoms with Gasteiger partial charge in [-0.05, 0) is 43.6 Å². The van der Waals surface area contributed by atoms with Gasteiger partial charge in [0.2, 0.25) is 0 Å². The van der Waals surface area contributed by atoms with Crippen molar-refractivity contribution in [2.75, 3.05) is 18.6 Å². The molecule has 0 unspecified atom stereocenters. The summed E-state index contributed by atoms with van der Waals surface area (Å²) in [6, 6.07) is 0. The van der Waals surface area contributed by atoms with Crippen molar-refractivity contribution in [3.8, 4) is 0 Å². The minimum atomic E-state index is -0.533. The molecular weight excluding hydrogens is 170 g/mol. The van der Waals surface area contributed by atoms with E-state index >= 15 is 0 Å². The number of thioether (sulfide) groups is 1. The molecule has 1 aliphatic carbocycles. The fraction of sp³-hybridized carbons (Fsp3) is 1.00. The molecule has 0 amide bonds. The molecule has 0 aromatic rings. The van der Waals surface area contributed by atoms with Crippen LogP contribution in [0.15, 0.2) is 0 Å². The predicted molar refractivity (Wildman–Crippen MR) is 54.3 cm³/mol. The van der Waals surface area contributed by atoms with Crippen LogP contribution >= 0.6 is 11.8 Å². The molecule has 0 aromatic carbocycles. The molecule has 1 saturated carbocycles. The largest absolute Gasteiger partial charge is 0.389 e.